The van der Waals surface area contributed by atoms with E-state index in [1.807, 2.05) is 18.2 Å². The maximum Gasteiger partial charge on any atom is 0.138 e. The molecule has 2 aliphatic rings. The first-order chi connectivity index (χ1) is 10.9. The third-order valence-electron chi connectivity index (χ3n) is 6.54. The highest BCUT2D eigenvalue weighted by molar-refractivity contribution is 5.83. The molecule has 0 aromatic heterocycles. The number of ether oxygens (including phenoxy) is 1. The zero-order valence-corrected chi connectivity index (χ0v) is 14.8. The van der Waals surface area contributed by atoms with Crippen LogP contribution in [0.1, 0.15) is 58.4 Å². The molecule has 23 heavy (non-hydrogen) atoms. The Labute approximate surface area is 140 Å². The van der Waals surface area contributed by atoms with Crippen LogP contribution in [0.4, 0.5) is 0 Å². The fourth-order valence-corrected chi connectivity index (χ4v) is 5.28. The van der Waals surface area contributed by atoms with Crippen molar-refractivity contribution in [2.75, 3.05) is 6.61 Å². The highest BCUT2D eigenvalue weighted by atomic mass is 16.5. The van der Waals surface area contributed by atoms with Crippen molar-refractivity contribution in [3.8, 4) is 0 Å². The van der Waals surface area contributed by atoms with Crippen molar-refractivity contribution in [1.29, 1.82) is 0 Å². The molecule has 0 N–H and O–H groups in total. The van der Waals surface area contributed by atoms with Crippen LogP contribution in [0.2, 0.25) is 0 Å². The molecule has 2 nitrogen and oxygen atoms in total. The summed E-state index contributed by atoms with van der Waals surface area (Å²) in [6, 6.07) is 10.2. The Bertz CT molecular complexity index is 548. The first kappa shape index (κ1) is 16.7. The molecule has 2 aliphatic carbocycles. The van der Waals surface area contributed by atoms with Gasteiger partial charge >= 0.3 is 0 Å². The molecule has 1 aromatic carbocycles. The van der Waals surface area contributed by atoms with Gasteiger partial charge in [0.05, 0.1) is 13.2 Å². The van der Waals surface area contributed by atoms with E-state index in [-0.39, 0.29) is 11.3 Å². The maximum atomic E-state index is 12.6. The average Bonchev–Trinajstić information content (AvgIpc) is 2.50. The third-order valence-corrected chi connectivity index (χ3v) is 6.54. The summed E-state index contributed by atoms with van der Waals surface area (Å²) in [6.45, 7) is 8.33. The van der Waals surface area contributed by atoms with Crippen LogP contribution in [-0.2, 0) is 16.1 Å². The summed E-state index contributed by atoms with van der Waals surface area (Å²) in [5.74, 6) is 1.14. The lowest BCUT2D eigenvalue weighted by Crippen LogP contribution is -2.53. The number of carbonyl (C=O) groups excluding carboxylic acids is 1. The van der Waals surface area contributed by atoms with Gasteiger partial charge in [-0.3, -0.25) is 4.79 Å². The monoisotopic (exact) mass is 314 g/mol. The number of Topliss-reactive ketones (excluding diaryl/α,β-unsaturated/α-hetero) is 1. The van der Waals surface area contributed by atoms with Crippen LogP contribution in [0.15, 0.2) is 30.3 Å². The van der Waals surface area contributed by atoms with Gasteiger partial charge < -0.3 is 4.74 Å². The number of benzene rings is 1. The molecule has 2 saturated carbocycles. The summed E-state index contributed by atoms with van der Waals surface area (Å²) in [7, 11) is 0. The number of carbonyl (C=O) groups is 1. The van der Waals surface area contributed by atoms with E-state index in [2.05, 4.69) is 32.9 Å². The smallest absolute Gasteiger partial charge is 0.138 e. The van der Waals surface area contributed by atoms with Crippen LogP contribution < -0.4 is 0 Å². The first-order valence-electron chi connectivity index (χ1n) is 9.08. The molecule has 0 unspecified atom stereocenters. The number of ketones is 1. The number of rotatable bonds is 4. The first-order valence-corrected chi connectivity index (χ1v) is 9.08. The largest absolute Gasteiger partial charge is 0.376 e. The van der Waals surface area contributed by atoms with Crippen molar-refractivity contribution in [1.82, 2.24) is 0 Å². The Morgan fingerprint density at radius 1 is 1.13 bits per heavy atom. The van der Waals surface area contributed by atoms with Gasteiger partial charge in [-0.1, -0.05) is 57.5 Å². The van der Waals surface area contributed by atoms with Gasteiger partial charge in [-0.15, -0.1) is 0 Å². The number of fused-ring (bicyclic) bond motifs is 1. The van der Waals surface area contributed by atoms with E-state index in [4.69, 9.17) is 4.74 Å². The van der Waals surface area contributed by atoms with E-state index in [1.165, 1.54) is 24.8 Å². The van der Waals surface area contributed by atoms with Crippen molar-refractivity contribution >= 4 is 5.78 Å². The summed E-state index contributed by atoms with van der Waals surface area (Å²) in [5.41, 5.74) is 1.65. The van der Waals surface area contributed by atoms with Crippen LogP contribution in [0.25, 0.3) is 0 Å². The summed E-state index contributed by atoms with van der Waals surface area (Å²) in [5, 5.41) is 0. The van der Waals surface area contributed by atoms with Crippen LogP contribution in [0, 0.1) is 22.7 Å². The minimum atomic E-state index is 0.0736. The second-order valence-electron chi connectivity index (χ2n) is 8.46. The molecule has 1 aromatic rings. The molecule has 3 atom stereocenters. The Balaban J connectivity index is 1.70. The van der Waals surface area contributed by atoms with Crippen molar-refractivity contribution in [3.63, 3.8) is 0 Å². The van der Waals surface area contributed by atoms with Gasteiger partial charge in [-0.2, -0.15) is 0 Å². The van der Waals surface area contributed by atoms with Crippen molar-refractivity contribution in [2.24, 2.45) is 22.7 Å². The molecule has 0 saturated heterocycles. The van der Waals surface area contributed by atoms with Crippen LogP contribution in [-0.4, -0.2) is 12.4 Å². The average molecular weight is 314 g/mol. The molecule has 2 heteroatoms. The molecule has 0 radical (unpaired) electrons. The van der Waals surface area contributed by atoms with Gasteiger partial charge in [-0.25, -0.2) is 0 Å². The molecule has 126 valence electrons. The van der Waals surface area contributed by atoms with Gasteiger partial charge in [0.2, 0.25) is 0 Å². The molecule has 3 rings (SSSR count). The summed E-state index contributed by atoms with van der Waals surface area (Å²) < 4.78 is 5.99. The van der Waals surface area contributed by atoms with E-state index in [1.54, 1.807) is 0 Å². The van der Waals surface area contributed by atoms with Crippen LogP contribution >= 0.6 is 0 Å². The predicted octanol–water partition coefficient (Wildman–Crippen LogP) is 5.01. The van der Waals surface area contributed by atoms with Gasteiger partial charge in [0.15, 0.2) is 0 Å². The fraction of sp³-hybridized carbons (Fsp3) is 0.667. The Morgan fingerprint density at radius 3 is 2.61 bits per heavy atom. The topological polar surface area (TPSA) is 26.3 Å². The number of hydrogen-bond donors (Lipinski definition) is 0. The lowest BCUT2D eigenvalue weighted by Gasteiger charge is -2.56. The molecule has 0 amide bonds. The normalized spacial score (nSPS) is 33.3. The van der Waals surface area contributed by atoms with Crippen LogP contribution in [0.5, 0.6) is 0 Å². The van der Waals surface area contributed by atoms with Gasteiger partial charge in [0, 0.05) is 12.3 Å². The molecular weight excluding hydrogens is 284 g/mol. The number of hydrogen-bond acceptors (Lipinski definition) is 2. The van der Waals surface area contributed by atoms with Crippen molar-refractivity contribution in [3.05, 3.63) is 35.9 Å². The Kier molecular flexibility index (Phi) is 4.64. The zero-order valence-electron chi connectivity index (χ0n) is 14.8. The van der Waals surface area contributed by atoms with E-state index >= 15 is 0 Å². The van der Waals surface area contributed by atoms with Crippen LogP contribution in [0.3, 0.4) is 0 Å². The lowest BCUT2D eigenvalue weighted by atomic mass is 9.48. The lowest BCUT2D eigenvalue weighted by molar-refractivity contribution is -0.149. The molecule has 2 fully saturated rings. The maximum absolute atomic E-state index is 12.6. The standard InChI is InChI=1S/C21H30O2/c1-20(2)12-7-13-21(3)17(18(22)10-11-19(20)21)15-23-14-16-8-5-4-6-9-16/h4-6,8-9,17,19H,7,10-15H2,1-3H3/t17-,19-,21+/m0/s1. The second-order valence-corrected chi connectivity index (χ2v) is 8.46. The predicted molar refractivity (Wildman–Crippen MR) is 93.1 cm³/mol. The molecular formula is C21H30O2. The third kappa shape index (κ3) is 3.24. The highest BCUT2D eigenvalue weighted by Crippen LogP contribution is 2.58. The zero-order chi connectivity index (χ0) is 16.5. The van der Waals surface area contributed by atoms with E-state index < -0.39 is 0 Å². The minimum Gasteiger partial charge on any atom is -0.376 e. The highest BCUT2D eigenvalue weighted by Gasteiger charge is 2.54. The van der Waals surface area contributed by atoms with Crippen molar-refractivity contribution in [2.45, 2.75) is 59.5 Å². The Hall–Kier alpha value is -1.15. The van der Waals surface area contributed by atoms with E-state index in [0.717, 1.165) is 12.8 Å². The second kappa shape index (κ2) is 6.39. The Morgan fingerprint density at radius 2 is 1.87 bits per heavy atom. The minimum absolute atomic E-state index is 0.0736. The summed E-state index contributed by atoms with van der Waals surface area (Å²) in [4.78, 5) is 12.6. The van der Waals surface area contributed by atoms with Gasteiger partial charge in [0.1, 0.15) is 5.78 Å². The van der Waals surface area contributed by atoms with E-state index in [0.29, 0.717) is 30.3 Å². The fourth-order valence-electron chi connectivity index (χ4n) is 5.28. The van der Waals surface area contributed by atoms with E-state index in [9.17, 15) is 4.79 Å². The van der Waals surface area contributed by atoms with Gasteiger partial charge in [-0.05, 0) is 41.6 Å². The molecule has 0 spiro atoms. The molecule has 0 aliphatic heterocycles. The molecule has 0 bridgehead atoms. The molecule has 0 heterocycles. The SMILES string of the molecule is CC1(C)CCC[C@]2(C)[C@@H](COCc3ccccc3)C(=O)CC[C@@H]12. The van der Waals surface area contributed by atoms with Crippen molar-refractivity contribution < 1.29 is 9.53 Å². The quantitative estimate of drug-likeness (QED) is 0.780. The summed E-state index contributed by atoms with van der Waals surface area (Å²) in [6.07, 6.45) is 5.51. The summed E-state index contributed by atoms with van der Waals surface area (Å²) >= 11 is 0. The van der Waals surface area contributed by atoms with Gasteiger partial charge in [0.25, 0.3) is 0 Å².